The molecule has 138 valence electrons. The molecular formula is C20H25N3O3. The molecule has 1 unspecified atom stereocenters. The Labute approximate surface area is 153 Å². The number of aromatic nitrogens is 1. The first-order valence-corrected chi connectivity index (χ1v) is 8.97. The third-order valence-electron chi connectivity index (χ3n) is 4.38. The van der Waals surface area contributed by atoms with Crippen LogP contribution in [0.5, 0.6) is 5.75 Å². The van der Waals surface area contributed by atoms with Crippen molar-refractivity contribution in [3.8, 4) is 5.75 Å². The van der Waals surface area contributed by atoms with Crippen LogP contribution in [0.25, 0.3) is 0 Å². The molecule has 1 aromatic carbocycles. The highest BCUT2D eigenvalue weighted by atomic mass is 16.5. The second-order valence-corrected chi connectivity index (χ2v) is 6.30. The van der Waals surface area contributed by atoms with Crippen molar-refractivity contribution < 1.29 is 14.3 Å². The third-order valence-corrected chi connectivity index (χ3v) is 4.38. The number of carbonyl (C=O) groups excluding carboxylic acids is 1. The third kappa shape index (κ3) is 5.20. The van der Waals surface area contributed by atoms with Crippen molar-refractivity contribution in [1.82, 2.24) is 10.3 Å². The minimum atomic E-state index is -0.169. The van der Waals surface area contributed by atoms with Gasteiger partial charge in [-0.05, 0) is 49.1 Å². The Morgan fingerprint density at radius 3 is 3.08 bits per heavy atom. The van der Waals surface area contributed by atoms with E-state index in [1.54, 1.807) is 19.4 Å². The number of methoxy groups -OCH3 is 1. The first-order chi connectivity index (χ1) is 12.7. The molecule has 26 heavy (non-hydrogen) atoms. The zero-order chi connectivity index (χ0) is 18.2. The standard InChI is InChI=1S/C20H25N3O3/c1-25-17-5-2-4-15(12-17)7-9-21-16-8-10-22-19(13-16)20(24)23-14-18-6-3-11-26-18/h2,4-5,8,10,12-13,18H,3,6-7,9,11,14H2,1H3,(H,21,22)(H,23,24). The van der Waals surface area contributed by atoms with Gasteiger partial charge in [-0.25, -0.2) is 0 Å². The van der Waals surface area contributed by atoms with Gasteiger partial charge in [0.25, 0.3) is 5.91 Å². The number of rotatable bonds is 8. The van der Waals surface area contributed by atoms with E-state index >= 15 is 0 Å². The summed E-state index contributed by atoms with van der Waals surface area (Å²) in [6, 6.07) is 11.6. The summed E-state index contributed by atoms with van der Waals surface area (Å²) < 4.78 is 10.8. The summed E-state index contributed by atoms with van der Waals surface area (Å²) in [5, 5.41) is 6.23. The van der Waals surface area contributed by atoms with Gasteiger partial charge >= 0.3 is 0 Å². The van der Waals surface area contributed by atoms with Crippen molar-refractivity contribution in [2.75, 3.05) is 32.1 Å². The summed E-state index contributed by atoms with van der Waals surface area (Å²) in [7, 11) is 1.67. The van der Waals surface area contributed by atoms with Crippen LogP contribution in [0.2, 0.25) is 0 Å². The van der Waals surface area contributed by atoms with Crippen LogP contribution in [-0.4, -0.2) is 43.8 Å². The topological polar surface area (TPSA) is 72.5 Å². The molecule has 0 saturated carbocycles. The van der Waals surface area contributed by atoms with Gasteiger partial charge < -0.3 is 20.1 Å². The highest BCUT2D eigenvalue weighted by molar-refractivity contribution is 5.93. The first-order valence-electron chi connectivity index (χ1n) is 8.97. The number of ether oxygens (including phenoxy) is 2. The van der Waals surface area contributed by atoms with Gasteiger partial charge in [-0.15, -0.1) is 0 Å². The number of nitrogens with zero attached hydrogens (tertiary/aromatic N) is 1. The Morgan fingerprint density at radius 2 is 2.27 bits per heavy atom. The van der Waals surface area contributed by atoms with Crippen molar-refractivity contribution >= 4 is 11.6 Å². The Kier molecular flexibility index (Phi) is 6.44. The van der Waals surface area contributed by atoms with Crippen molar-refractivity contribution in [3.05, 3.63) is 53.9 Å². The van der Waals surface area contributed by atoms with Crippen LogP contribution in [0.4, 0.5) is 5.69 Å². The predicted molar refractivity (Wildman–Crippen MR) is 101 cm³/mol. The molecule has 0 bridgehead atoms. The second-order valence-electron chi connectivity index (χ2n) is 6.30. The van der Waals surface area contributed by atoms with Crippen molar-refractivity contribution in [3.63, 3.8) is 0 Å². The molecule has 2 heterocycles. The van der Waals surface area contributed by atoms with Crippen LogP contribution in [0, 0.1) is 0 Å². The van der Waals surface area contributed by atoms with E-state index in [0.29, 0.717) is 12.2 Å². The minimum Gasteiger partial charge on any atom is -0.497 e. The number of nitrogens with one attached hydrogen (secondary N) is 2. The van der Waals surface area contributed by atoms with Crippen LogP contribution >= 0.6 is 0 Å². The van der Waals surface area contributed by atoms with Crippen LogP contribution in [0.15, 0.2) is 42.6 Å². The molecule has 1 fully saturated rings. The molecule has 6 heteroatoms. The number of carbonyl (C=O) groups is 1. The summed E-state index contributed by atoms with van der Waals surface area (Å²) in [6.45, 7) is 2.08. The normalized spacial score (nSPS) is 16.3. The average Bonchev–Trinajstić information content (AvgIpc) is 3.20. The zero-order valence-electron chi connectivity index (χ0n) is 15.0. The van der Waals surface area contributed by atoms with Gasteiger partial charge in [0.05, 0.1) is 13.2 Å². The van der Waals surface area contributed by atoms with Gasteiger partial charge in [-0.1, -0.05) is 12.1 Å². The fourth-order valence-corrected chi connectivity index (χ4v) is 2.95. The van der Waals surface area contributed by atoms with Gasteiger partial charge in [-0.3, -0.25) is 9.78 Å². The van der Waals surface area contributed by atoms with Gasteiger partial charge in [0.2, 0.25) is 0 Å². The maximum atomic E-state index is 12.2. The van der Waals surface area contributed by atoms with E-state index in [4.69, 9.17) is 9.47 Å². The largest absolute Gasteiger partial charge is 0.497 e. The molecule has 2 aromatic rings. The lowest BCUT2D eigenvalue weighted by Gasteiger charge is -2.11. The number of amides is 1. The molecule has 1 saturated heterocycles. The highest BCUT2D eigenvalue weighted by Crippen LogP contribution is 2.14. The highest BCUT2D eigenvalue weighted by Gasteiger charge is 2.17. The Morgan fingerprint density at radius 1 is 1.35 bits per heavy atom. The van der Waals surface area contributed by atoms with E-state index in [9.17, 15) is 4.79 Å². The molecule has 0 radical (unpaired) electrons. The lowest BCUT2D eigenvalue weighted by Crippen LogP contribution is -2.32. The number of hydrogen-bond donors (Lipinski definition) is 2. The maximum Gasteiger partial charge on any atom is 0.270 e. The Bertz CT molecular complexity index is 730. The van der Waals surface area contributed by atoms with Gasteiger partial charge in [-0.2, -0.15) is 0 Å². The summed E-state index contributed by atoms with van der Waals surface area (Å²) >= 11 is 0. The lowest BCUT2D eigenvalue weighted by molar-refractivity contribution is 0.0854. The van der Waals surface area contributed by atoms with Crippen molar-refractivity contribution in [1.29, 1.82) is 0 Å². The molecule has 1 atom stereocenters. The lowest BCUT2D eigenvalue weighted by atomic mass is 10.1. The molecule has 0 spiro atoms. The number of anilines is 1. The van der Waals surface area contributed by atoms with Crippen molar-refractivity contribution in [2.24, 2.45) is 0 Å². The zero-order valence-corrected chi connectivity index (χ0v) is 15.0. The molecule has 1 aliphatic heterocycles. The second kappa shape index (κ2) is 9.20. The summed E-state index contributed by atoms with van der Waals surface area (Å²) in [6.07, 6.45) is 4.70. The number of benzene rings is 1. The molecule has 1 aliphatic rings. The summed E-state index contributed by atoms with van der Waals surface area (Å²) in [5.41, 5.74) is 2.49. The molecular weight excluding hydrogens is 330 g/mol. The molecule has 0 aliphatic carbocycles. The average molecular weight is 355 g/mol. The maximum absolute atomic E-state index is 12.2. The fraction of sp³-hybridized carbons (Fsp3) is 0.400. The Hall–Kier alpha value is -2.60. The molecule has 3 rings (SSSR count). The van der Waals surface area contributed by atoms with Gasteiger partial charge in [0.1, 0.15) is 11.4 Å². The van der Waals surface area contributed by atoms with Crippen molar-refractivity contribution in [2.45, 2.75) is 25.4 Å². The van der Waals surface area contributed by atoms with E-state index in [-0.39, 0.29) is 12.0 Å². The van der Waals surface area contributed by atoms with E-state index in [1.165, 1.54) is 5.56 Å². The molecule has 2 N–H and O–H groups in total. The number of pyridine rings is 1. The predicted octanol–water partition coefficient (Wildman–Crippen LogP) is 2.65. The monoisotopic (exact) mass is 355 g/mol. The smallest absolute Gasteiger partial charge is 0.270 e. The number of hydrogen-bond acceptors (Lipinski definition) is 5. The van der Waals surface area contributed by atoms with E-state index in [0.717, 1.165) is 43.9 Å². The van der Waals surface area contributed by atoms with Gasteiger partial charge in [0, 0.05) is 31.6 Å². The van der Waals surface area contributed by atoms with Crippen LogP contribution in [0.1, 0.15) is 28.9 Å². The minimum absolute atomic E-state index is 0.128. The van der Waals surface area contributed by atoms with E-state index in [2.05, 4.69) is 21.7 Å². The molecule has 1 amide bonds. The SMILES string of the molecule is COc1cccc(CCNc2ccnc(C(=O)NCC3CCCO3)c2)c1. The fourth-order valence-electron chi connectivity index (χ4n) is 2.95. The molecule has 1 aromatic heterocycles. The molecule has 6 nitrogen and oxygen atoms in total. The Balaban J connectivity index is 1.49. The van der Waals surface area contributed by atoms with Gasteiger partial charge in [0.15, 0.2) is 0 Å². The van der Waals surface area contributed by atoms with Crippen LogP contribution in [-0.2, 0) is 11.2 Å². The van der Waals surface area contributed by atoms with Crippen LogP contribution < -0.4 is 15.4 Å². The summed E-state index contributed by atoms with van der Waals surface area (Å²) in [4.78, 5) is 16.4. The quantitative estimate of drug-likeness (QED) is 0.762. The van der Waals surface area contributed by atoms with Crippen LogP contribution in [0.3, 0.4) is 0 Å². The first kappa shape index (κ1) is 18.2. The summed E-state index contributed by atoms with van der Waals surface area (Å²) in [5.74, 6) is 0.688. The van der Waals surface area contributed by atoms with E-state index in [1.807, 2.05) is 24.3 Å². The van der Waals surface area contributed by atoms with E-state index < -0.39 is 0 Å².